The highest BCUT2D eigenvalue weighted by Gasteiger charge is 2.32. The number of sulfonamides is 1. The van der Waals surface area contributed by atoms with Gasteiger partial charge in [0.05, 0.1) is 17.7 Å². The highest BCUT2D eigenvalue weighted by Crippen LogP contribution is 2.26. The molecule has 3 rings (SSSR count). The molecule has 0 bridgehead atoms. The van der Waals surface area contributed by atoms with Gasteiger partial charge in [0.25, 0.3) is 0 Å². The average molecular weight is 448 g/mol. The number of ether oxygens (including phenoxy) is 1. The van der Waals surface area contributed by atoms with E-state index in [-0.39, 0.29) is 41.3 Å². The zero-order chi connectivity index (χ0) is 22.4. The fourth-order valence-corrected chi connectivity index (χ4v) is 4.73. The van der Waals surface area contributed by atoms with E-state index in [9.17, 15) is 23.4 Å². The quantitative estimate of drug-likeness (QED) is 0.339. The number of nitrogens with one attached hydrogen (secondary N) is 1. The van der Waals surface area contributed by atoms with Crippen molar-refractivity contribution in [3.63, 3.8) is 0 Å². The molecular formula is C21H25N3O6S. The molecule has 31 heavy (non-hydrogen) atoms. The molecule has 2 aromatic rings. The third-order valence-electron chi connectivity index (χ3n) is 4.99. The maximum absolute atomic E-state index is 12.8. The van der Waals surface area contributed by atoms with Crippen LogP contribution >= 0.6 is 0 Å². The lowest BCUT2D eigenvalue weighted by Gasteiger charge is -2.30. The largest absolute Gasteiger partial charge is 0.504 e. The lowest BCUT2D eigenvalue weighted by molar-refractivity contribution is -0.126. The van der Waals surface area contributed by atoms with Crippen molar-refractivity contribution in [3.8, 4) is 17.2 Å². The van der Waals surface area contributed by atoms with E-state index in [1.54, 1.807) is 12.1 Å². The first-order chi connectivity index (χ1) is 14.8. The number of carbonyl (C=O) groups is 1. The third kappa shape index (κ3) is 5.53. The highest BCUT2D eigenvalue weighted by molar-refractivity contribution is 7.89. The molecule has 9 nitrogen and oxygen atoms in total. The monoisotopic (exact) mass is 447 g/mol. The van der Waals surface area contributed by atoms with Crippen molar-refractivity contribution in [2.45, 2.75) is 24.7 Å². The third-order valence-corrected chi connectivity index (χ3v) is 6.90. The summed E-state index contributed by atoms with van der Waals surface area (Å²) in [5, 5.41) is 22.6. The van der Waals surface area contributed by atoms with Crippen LogP contribution in [0.5, 0.6) is 17.2 Å². The van der Waals surface area contributed by atoms with Crippen molar-refractivity contribution in [2.24, 2.45) is 11.0 Å². The number of nitrogens with zero attached hydrogens (tertiary/aromatic N) is 2. The molecule has 0 aromatic heterocycles. The zero-order valence-corrected chi connectivity index (χ0v) is 17.9. The molecule has 1 fully saturated rings. The molecule has 0 atom stereocenters. The Morgan fingerprint density at radius 3 is 2.45 bits per heavy atom. The van der Waals surface area contributed by atoms with Crippen LogP contribution in [0.4, 0.5) is 0 Å². The SMILES string of the molecule is CCOc1ccc(S(=O)(=O)N2CCC(C(=O)NN=Cc3ccc(O)c(O)c3)CC2)cc1. The molecule has 2 aromatic carbocycles. The van der Waals surface area contributed by atoms with Crippen LogP contribution in [-0.4, -0.2) is 54.8 Å². The van der Waals surface area contributed by atoms with Gasteiger partial charge in [-0.1, -0.05) is 0 Å². The summed E-state index contributed by atoms with van der Waals surface area (Å²) in [5.74, 6) is -0.557. The molecule has 0 unspecified atom stereocenters. The number of carbonyl (C=O) groups excluding carboxylic acids is 1. The van der Waals surface area contributed by atoms with Crippen molar-refractivity contribution in [1.29, 1.82) is 0 Å². The molecule has 10 heteroatoms. The fourth-order valence-electron chi connectivity index (χ4n) is 3.26. The van der Waals surface area contributed by atoms with Crippen molar-refractivity contribution in [1.82, 2.24) is 9.73 Å². The first-order valence-electron chi connectivity index (χ1n) is 9.89. The summed E-state index contributed by atoms with van der Waals surface area (Å²) in [4.78, 5) is 12.5. The molecule has 1 aliphatic heterocycles. The van der Waals surface area contributed by atoms with Crippen LogP contribution in [0.2, 0.25) is 0 Å². The van der Waals surface area contributed by atoms with Crippen LogP contribution in [0, 0.1) is 5.92 Å². The number of hydrazone groups is 1. The van der Waals surface area contributed by atoms with E-state index in [0.29, 0.717) is 30.8 Å². The van der Waals surface area contributed by atoms with Crippen LogP contribution in [0.1, 0.15) is 25.3 Å². The molecule has 1 heterocycles. The number of piperidine rings is 1. The van der Waals surface area contributed by atoms with Crippen molar-refractivity contribution < 1.29 is 28.2 Å². The first-order valence-corrected chi connectivity index (χ1v) is 11.3. The minimum atomic E-state index is -3.63. The molecule has 166 valence electrons. The van der Waals surface area contributed by atoms with Gasteiger partial charge in [-0.25, -0.2) is 13.8 Å². The van der Waals surface area contributed by atoms with E-state index in [1.165, 1.54) is 40.9 Å². The van der Waals surface area contributed by atoms with E-state index in [4.69, 9.17) is 4.74 Å². The van der Waals surface area contributed by atoms with Gasteiger partial charge in [-0.15, -0.1) is 0 Å². The van der Waals surface area contributed by atoms with E-state index in [0.717, 1.165) is 0 Å². The van der Waals surface area contributed by atoms with E-state index >= 15 is 0 Å². The summed E-state index contributed by atoms with van der Waals surface area (Å²) < 4.78 is 32.4. The fraction of sp³-hybridized carbons (Fsp3) is 0.333. The molecule has 1 saturated heterocycles. The first kappa shape index (κ1) is 22.6. The number of benzene rings is 2. The number of amides is 1. The highest BCUT2D eigenvalue weighted by atomic mass is 32.2. The smallest absolute Gasteiger partial charge is 0.243 e. The Labute approximate surface area is 181 Å². The van der Waals surface area contributed by atoms with Crippen molar-refractivity contribution >= 4 is 22.1 Å². The Morgan fingerprint density at radius 1 is 1.16 bits per heavy atom. The van der Waals surface area contributed by atoms with Crippen LogP contribution in [0.3, 0.4) is 0 Å². The van der Waals surface area contributed by atoms with Crippen molar-refractivity contribution in [2.75, 3.05) is 19.7 Å². The Bertz CT molecular complexity index is 1050. The van der Waals surface area contributed by atoms with Gasteiger partial charge in [-0.05, 0) is 67.8 Å². The Kier molecular flexibility index (Phi) is 7.13. The number of phenolic OH excluding ortho intramolecular Hbond substituents is 2. The number of hydrogen-bond donors (Lipinski definition) is 3. The molecule has 0 radical (unpaired) electrons. The van der Waals surface area contributed by atoms with E-state index < -0.39 is 10.0 Å². The van der Waals surface area contributed by atoms with Crippen LogP contribution in [-0.2, 0) is 14.8 Å². The number of rotatable bonds is 7. The maximum atomic E-state index is 12.8. The Hall–Kier alpha value is -3.11. The van der Waals surface area contributed by atoms with Gasteiger partial charge < -0.3 is 14.9 Å². The summed E-state index contributed by atoms with van der Waals surface area (Å²) in [6, 6.07) is 10.5. The van der Waals surface area contributed by atoms with Crippen LogP contribution < -0.4 is 10.2 Å². The summed E-state index contributed by atoms with van der Waals surface area (Å²) in [6.07, 6.45) is 2.12. The van der Waals surface area contributed by atoms with Gasteiger partial charge in [-0.2, -0.15) is 9.41 Å². The molecule has 0 spiro atoms. The van der Waals surface area contributed by atoms with Gasteiger partial charge in [0.15, 0.2) is 11.5 Å². The minimum Gasteiger partial charge on any atom is -0.504 e. The Morgan fingerprint density at radius 2 is 1.84 bits per heavy atom. The summed E-state index contributed by atoms with van der Waals surface area (Å²) in [6.45, 7) is 2.84. The lowest BCUT2D eigenvalue weighted by Crippen LogP contribution is -2.42. The standard InChI is InChI=1S/C21H25N3O6S/c1-2-30-17-4-6-18(7-5-17)31(28,29)24-11-9-16(10-12-24)21(27)23-22-14-15-3-8-19(25)20(26)13-15/h3-8,13-14,16,25-26H,2,9-12H2,1H3,(H,23,27). The molecule has 0 aliphatic carbocycles. The van der Waals surface area contributed by atoms with Gasteiger partial charge in [-0.3, -0.25) is 4.79 Å². The normalized spacial score (nSPS) is 15.8. The minimum absolute atomic E-state index is 0.195. The molecular weight excluding hydrogens is 422 g/mol. The van der Waals surface area contributed by atoms with Crippen LogP contribution in [0.15, 0.2) is 52.5 Å². The van der Waals surface area contributed by atoms with Gasteiger partial charge in [0, 0.05) is 19.0 Å². The molecule has 3 N–H and O–H groups in total. The zero-order valence-electron chi connectivity index (χ0n) is 17.1. The van der Waals surface area contributed by atoms with Gasteiger partial charge >= 0.3 is 0 Å². The number of hydrogen-bond acceptors (Lipinski definition) is 7. The predicted molar refractivity (Wildman–Crippen MR) is 115 cm³/mol. The van der Waals surface area contributed by atoms with Crippen LogP contribution in [0.25, 0.3) is 0 Å². The van der Waals surface area contributed by atoms with E-state index in [2.05, 4.69) is 10.5 Å². The molecule has 1 amide bonds. The predicted octanol–water partition coefficient (Wildman–Crippen LogP) is 2.05. The second-order valence-electron chi connectivity index (χ2n) is 7.07. The number of aromatic hydroxyl groups is 2. The van der Waals surface area contributed by atoms with E-state index in [1.807, 2.05) is 6.92 Å². The second-order valence-corrected chi connectivity index (χ2v) is 9.00. The van der Waals surface area contributed by atoms with Gasteiger partial charge in [0.1, 0.15) is 5.75 Å². The van der Waals surface area contributed by atoms with Gasteiger partial charge in [0.2, 0.25) is 15.9 Å². The average Bonchev–Trinajstić information content (AvgIpc) is 2.77. The lowest BCUT2D eigenvalue weighted by atomic mass is 9.98. The topological polar surface area (TPSA) is 129 Å². The maximum Gasteiger partial charge on any atom is 0.243 e. The molecule has 1 aliphatic rings. The summed E-state index contributed by atoms with van der Waals surface area (Å²) >= 11 is 0. The Balaban J connectivity index is 1.53. The van der Waals surface area contributed by atoms with Crippen molar-refractivity contribution in [3.05, 3.63) is 48.0 Å². The number of phenols is 2. The summed E-state index contributed by atoms with van der Waals surface area (Å²) in [5.41, 5.74) is 2.95. The molecule has 0 saturated carbocycles. The summed E-state index contributed by atoms with van der Waals surface area (Å²) in [7, 11) is -3.63. The second kappa shape index (κ2) is 9.80.